The highest BCUT2D eigenvalue weighted by Gasteiger charge is 2.19. The molecule has 1 N–H and O–H groups in total. The summed E-state index contributed by atoms with van der Waals surface area (Å²) in [5, 5.41) is 9.49. The first-order valence-electron chi connectivity index (χ1n) is 5.79. The van der Waals surface area contributed by atoms with E-state index < -0.39 is 6.10 Å². The highest BCUT2D eigenvalue weighted by molar-refractivity contribution is 6.33. The van der Waals surface area contributed by atoms with E-state index >= 15 is 0 Å². The summed E-state index contributed by atoms with van der Waals surface area (Å²) in [7, 11) is 1.60. The van der Waals surface area contributed by atoms with Crippen molar-refractivity contribution >= 4 is 17.5 Å². The Kier molecular flexibility index (Phi) is 5.04. The maximum Gasteiger partial charge on any atom is 0.273 e. The number of amides is 1. The minimum atomic E-state index is -0.593. The molecule has 0 spiro atoms. The first-order chi connectivity index (χ1) is 8.32. The van der Waals surface area contributed by atoms with Crippen molar-refractivity contribution in [1.82, 2.24) is 14.9 Å². The van der Waals surface area contributed by atoms with Crippen LogP contribution in [0.1, 0.15) is 43.0 Å². The van der Waals surface area contributed by atoms with Gasteiger partial charge in [-0.15, -0.1) is 0 Å². The molecule has 0 aliphatic heterocycles. The number of hydrogen-bond acceptors (Lipinski definition) is 4. The zero-order chi connectivity index (χ0) is 13.9. The van der Waals surface area contributed by atoms with E-state index in [0.717, 1.165) is 0 Å². The number of carbonyl (C=O) groups is 1. The largest absolute Gasteiger partial charge is 0.392 e. The Morgan fingerprint density at radius 1 is 1.50 bits per heavy atom. The second-order valence-corrected chi connectivity index (χ2v) is 5.02. The van der Waals surface area contributed by atoms with Crippen LogP contribution < -0.4 is 0 Å². The predicted molar refractivity (Wildman–Crippen MR) is 69.8 cm³/mol. The second-order valence-electron chi connectivity index (χ2n) is 4.61. The fourth-order valence-corrected chi connectivity index (χ4v) is 1.64. The van der Waals surface area contributed by atoms with Gasteiger partial charge in [0.05, 0.1) is 17.3 Å². The van der Waals surface area contributed by atoms with Gasteiger partial charge in [0, 0.05) is 19.5 Å². The van der Waals surface area contributed by atoms with Crippen LogP contribution in [0.2, 0.25) is 5.02 Å². The summed E-state index contributed by atoms with van der Waals surface area (Å²) in [6.07, 6.45) is 0.844. The van der Waals surface area contributed by atoms with Crippen molar-refractivity contribution in [2.24, 2.45) is 0 Å². The van der Waals surface area contributed by atoms with Crippen LogP contribution in [0.5, 0.6) is 0 Å². The Morgan fingerprint density at radius 2 is 2.11 bits per heavy atom. The predicted octanol–water partition coefficient (Wildman–Crippen LogP) is 1.71. The minimum Gasteiger partial charge on any atom is -0.392 e. The third kappa shape index (κ3) is 3.65. The molecule has 1 unspecified atom stereocenters. The molecule has 0 saturated carbocycles. The van der Waals surface area contributed by atoms with Crippen LogP contribution in [0.3, 0.4) is 0 Å². The van der Waals surface area contributed by atoms with Gasteiger partial charge in [-0.05, 0) is 6.92 Å². The van der Waals surface area contributed by atoms with Crippen molar-refractivity contribution in [3.05, 3.63) is 22.7 Å². The molecule has 1 atom stereocenters. The molecular weight excluding hydrogens is 254 g/mol. The van der Waals surface area contributed by atoms with Crippen molar-refractivity contribution < 1.29 is 9.90 Å². The van der Waals surface area contributed by atoms with Crippen molar-refractivity contribution in [2.75, 3.05) is 13.6 Å². The van der Waals surface area contributed by atoms with Gasteiger partial charge in [0.2, 0.25) is 0 Å². The van der Waals surface area contributed by atoms with Crippen LogP contribution in [-0.4, -0.2) is 45.6 Å². The van der Waals surface area contributed by atoms with Crippen molar-refractivity contribution in [3.63, 3.8) is 0 Å². The SMILES string of the molecule is CC(O)CN(C)C(=O)c1nc(C(C)C)ncc1Cl. The molecule has 5 nitrogen and oxygen atoms in total. The average Bonchev–Trinajstić information content (AvgIpc) is 2.27. The van der Waals surface area contributed by atoms with E-state index in [1.165, 1.54) is 11.1 Å². The fraction of sp³-hybridized carbons (Fsp3) is 0.583. The smallest absolute Gasteiger partial charge is 0.273 e. The topological polar surface area (TPSA) is 66.3 Å². The molecule has 1 aromatic heterocycles. The van der Waals surface area contributed by atoms with E-state index in [-0.39, 0.29) is 29.1 Å². The van der Waals surface area contributed by atoms with Gasteiger partial charge < -0.3 is 10.0 Å². The number of rotatable bonds is 4. The first kappa shape index (κ1) is 14.9. The molecule has 0 aliphatic carbocycles. The van der Waals surface area contributed by atoms with Crippen LogP contribution >= 0.6 is 11.6 Å². The third-order valence-corrected chi connectivity index (χ3v) is 2.64. The Hall–Kier alpha value is -1.20. The molecule has 0 saturated heterocycles. The summed E-state index contributed by atoms with van der Waals surface area (Å²) >= 11 is 5.94. The molecule has 0 aliphatic rings. The lowest BCUT2D eigenvalue weighted by Gasteiger charge is -2.19. The molecule has 1 amide bonds. The number of nitrogens with zero attached hydrogens (tertiary/aromatic N) is 3. The molecule has 0 bridgehead atoms. The molecular formula is C12H18ClN3O2. The molecule has 0 radical (unpaired) electrons. The lowest BCUT2D eigenvalue weighted by atomic mass is 10.2. The van der Waals surface area contributed by atoms with Crippen LogP contribution in [0.15, 0.2) is 6.20 Å². The monoisotopic (exact) mass is 271 g/mol. The number of halogens is 1. The Labute approximate surface area is 112 Å². The van der Waals surface area contributed by atoms with Crippen molar-refractivity contribution in [1.29, 1.82) is 0 Å². The average molecular weight is 272 g/mol. The second kappa shape index (κ2) is 6.11. The molecule has 0 aromatic carbocycles. The number of likely N-dealkylation sites (N-methyl/N-ethyl adjacent to an activating group) is 1. The summed E-state index contributed by atoms with van der Waals surface area (Å²) in [6.45, 7) is 5.73. The van der Waals surface area contributed by atoms with Crippen molar-refractivity contribution in [2.45, 2.75) is 32.8 Å². The van der Waals surface area contributed by atoms with E-state index in [0.29, 0.717) is 5.82 Å². The van der Waals surface area contributed by atoms with Gasteiger partial charge in [0.25, 0.3) is 5.91 Å². The van der Waals surface area contributed by atoms with Gasteiger partial charge in [-0.1, -0.05) is 25.4 Å². The van der Waals surface area contributed by atoms with Crippen LogP contribution in [0.25, 0.3) is 0 Å². The summed E-state index contributed by atoms with van der Waals surface area (Å²) in [4.78, 5) is 21.8. The Morgan fingerprint density at radius 3 is 2.61 bits per heavy atom. The molecule has 6 heteroatoms. The number of hydrogen-bond donors (Lipinski definition) is 1. The van der Waals surface area contributed by atoms with Gasteiger partial charge in [0.1, 0.15) is 5.82 Å². The Bertz CT molecular complexity index is 435. The lowest BCUT2D eigenvalue weighted by Crippen LogP contribution is -2.34. The van der Waals surface area contributed by atoms with Gasteiger partial charge in [-0.2, -0.15) is 0 Å². The summed E-state index contributed by atoms with van der Waals surface area (Å²) < 4.78 is 0. The number of aliphatic hydroxyl groups excluding tert-OH is 1. The zero-order valence-electron chi connectivity index (χ0n) is 11.0. The fourth-order valence-electron chi connectivity index (χ4n) is 1.47. The number of aliphatic hydroxyl groups is 1. The quantitative estimate of drug-likeness (QED) is 0.905. The zero-order valence-corrected chi connectivity index (χ0v) is 11.8. The molecule has 18 heavy (non-hydrogen) atoms. The van der Waals surface area contributed by atoms with Crippen LogP contribution in [-0.2, 0) is 0 Å². The highest BCUT2D eigenvalue weighted by atomic mass is 35.5. The molecule has 1 aromatic rings. The van der Waals surface area contributed by atoms with Crippen molar-refractivity contribution in [3.8, 4) is 0 Å². The van der Waals surface area contributed by atoms with E-state index in [2.05, 4.69) is 9.97 Å². The summed E-state index contributed by atoms with van der Waals surface area (Å²) in [6, 6.07) is 0. The van der Waals surface area contributed by atoms with E-state index in [1.807, 2.05) is 13.8 Å². The van der Waals surface area contributed by atoms with Gasteiger partial charge >= 0.3 is 0 Å². The van der Waals surface area contributed by atoms with Gasteiger partial charge in [-0.3, -0.25) is 4.79 Å². The van der Waals surface area contributed by atoms with E-state index in [9.17, 15) is 9.90 Å². The highest BCUT2D eigenvalue weighted by Crippen LogP contribution is 2.17. The maximum atomic E-state index is 12.1. The summed E-state index contributed by atoms with van der Waals surface area (Å²) in [5.74, 6) is 0.384. The first-order valence-corrected chi connectivity index (χ1v) is 6.16. The van der Waals surface area contributed by atoms with Crippen LogP contribution in [0, 0.1) is 0 Å². The summed E-state index contributed by atoms with van der Waals surface area (Å²) in [5.41, 5.74) is 0.179. The van der Waals surface area contributed by atoms with E-state index in [4.69, 9.17) is 11.6 Å². The standard InChI is InChI=1S/C12H18ClN3O2/c1-7(2)11-14-5-9(13)10(15-11)12(18)16(4)6-8(3)17/h5,7-8,17H,6H2,1-4H3. The Balaban J connectivity index is 3.00. The lowest BCUT2D eigenvalue weighted by molar-refractivity contribution is 0.0697. The number of aromatic nitrogens is 2. The molecule has 1 heterocycles. The normalized spacial score (nSPS) is 12.6. The molecule has 1 rings (SSSR count). The molecule has 0 fully saturated rings. The maximum absolute atomic E-state index is 12.1. The number of carbonyl (C=O) groups excluding carboxylic acids is 1. The van der Waals surface area contributed by atoms with Gasteiger partial charge in [-0.25, -0.2) is 9.97 Å². The third-order valence-electron chi connectivity index (χ3n) is 2.37. The minimum absolute atomic E-state index is 0.121. The molecule has 100 valence electrons. The van der Waals surface area contributed by atoms with Gasteiger partial charge in [0.15, 0.2) is 5.69 Å². The van der Waals surface area contributed by atoms with E-state index in [1.54, 1.807) is 14.0 Å². The van der Waals surface area contributed by atoms with Crippen LogP contribution in [0.4, 0.5) is 0 Å².